The Hall–Kier alpha value is -0.530. The molecule has 0 saturated heterocycles. The minimum absolute atomic E-state index is 0.185. The van der Waals surface area contributed by atoms with Crippen LogP contribution < -0.4 is 0 Å². The fraction of sp³-hybridized carbons (Fsp3) is 0.571. The van der Waals surface area contributed by atoms with Crippen LogP contribution in [0.3, 0.4) is 0 Å². The minimum Gasteiger partial charge on any atom is -0.392 e. The van der Waals surface area contributed by atoms with Crippen LogP contribution in [0.5, 0.6) is 0 Å². The Labute approximate surface area is 101 Å². The Morgan fingerprint density at radius 3 is 2.62 bits per heavy atom. The van der Waals surface area contributed by atoms with Gasteiger partial charge in [0.15, 0.2) is 0 Å². The van der Waals surface area contributed by atoms with Gasteiger partial charge in [-0.3, -0.25) is 0 Å². The largest absolute Gasteiger partial charge is 0.392 e. The second-order valence-corrected chi connectivity index (χ2v) is 5.61. The minimum atomic E-state index is -0.185. The SMILES string of the molecule is OC(Cc1ccccc1Cl)C1C2CCCC21. The average molecular weight is 237 g/mol. The van der Waals surface area contributed by atoms with E-state index in [4.69, 9.17) is 11.6 Å². The van der Waals surface area contributed by atoms with Gasteiger partial charge in [-0.2, -0.15) is 0 Å². The van der Waals surface area contributed by atoms with Crippen molar-refractivity contribution in [3.8, 4) is 0 Å². The Kier molecular flexibility index (Phi) is 2.68. The number of halogens is 1. The molecule has 1 N–H and O–H groups in total. The molecule has 3 rings (SSSR count). The van der Waals surface area contributed by atoms with Gasteiger partial charge in [0.25, 0.3) is 0 Å². The maximum Gasteiger partial charge on any atom is 0.0614 e. The highest BCUT2D eigenvalue weighted by Crippen LogP contribution is 2.59. The summed E-state index contributed by atoms with van der Waals surface area (Å²) >= 11 is 6.10. The topological polar surface area (TPSA) is 20.2 Å². The number of aliphatic hydroxyl groups excluding tert-OH is 1. The lowest BCUT2D eigenvalue weighted by atomic mass is 10.00. The van der Waals surface area contributed by atoms with Crippen molar-refractivity contribution in [1.82, 2.24) is 0 Å². The molecule has 0 heterocycles. The van der Waals surface area contributed by atoms with Crippen molar-refractivity contribution in [1.29, 1.82) is 0 Å². The molecule has 0 amide bonds. The fourth-order valence-electron chi connectivity index (χ4n) is 3.47. The third-order valence-electron chi connectivity index (χ3n) is 4.30. The number of aliphatic hydroxyl groups is 1. The molecule has 1 aromatic rings. The summed E-state index contributed by atoms with van der Waals surface area (Å²) in [6.07, 6.45) is 4.56. The van der Waals surface area contributed by atoms with Crippen molar-refractivity contribution >= 4 is 11.6 Å². The zero-order valence-corrected chi connectivity index (χ0v) is 10.0. The quantitative estimate of drug-likeness (QED) is 0.854. The van der Waals surface area contributed by atoms with Crippen molar-refractivity contribution in [3.63, 3.8) is 0 Å². The van der Waals surface area contributed by atoms with Crippen LogP contribution in [0.15, 0.2) is 24.3 Å². The normalized spacial score (nSPS) is 33.5. The third-order valence-corrected chi connectivity index (χ3v) is 4.67. The highest BCUT2D eigenvalue weighted by atomic mass is 35.5. The fourth-order valence-corrected chi connectivity index (χ4v) is 3.69. The zero-order chi connectivity index (χ0) is 11.1. The molecule has 0 aromatic heterocycles. The molecule has 2 fully saturated rings. The molecule has 2 aliphatic rings. The summed E-state index contributed by atoms with van der Waals surface area (Å²) in [5.41, 5.74) is 1.08. The van der Waals surface area contributed by atoms with E-state index >= 15 is 0 Å². The summed E-state index contributed by atoms with van der Waals surface area (Å²) in [6, 6.07) is 7.84. The maximum absolute atomic E-state index is 10.2. The first-order chi connectivity index (χ1) is 7.77. The van der Waals surface area contributed by atoms with Gasteiger partial charge in [-0.1, -0.05) is 36.2 Å². The van der Waals surface area contributed by atoms with Gasteiger partial charge in [-0.05, 0) is 42.2 Å². The van der Waals surface area contributed by atoms with Crippen LogP contribution in [0.4, 0.5) is 0 Å². The third kappa shape index (κ3) is 1.76. The zero-order valence-electron chi connectivity index (χ0n) is 9.27. The smallest absolute Gasteiger partial charge is 0.0614 e. The number of hydrogen-bond donors (Lipinski definition) is 1. The predicted molar refractivity (Wildman–Crippen MR) is 65.5 cm³/mol. The first-order valence-electron chi connectivity index (χ1n) is 6.19. The van der Waals surface area contributed by atoms with Gasteiger partial charge in [-0.25, -0.2) is 0 Å². The van der Waals surface area contributed by atoms with Gasteiger partial charge in [-0.15, -0.1) is 0 Å². The first kappa shape index (κ1) is 10.6. The molecule has 0 aliphatic heterocycles. The molecule has 2 aliphatic carbocycles. The Morgan fingerprint density at radius 2 is 1.94 bits per heavy atom. The van der Waals surface area contributed by atoms with Gasteiger partial charge in [0.05, 0.1) is 6.10 Å². The molecule has 3 atom stereocenters. The highest BCUT2D eigenvalue weighted by molar-refractivity contribution is 6.31. The number of fused-ring (bicyclic) bond motifs is 1. The lowest BCUT2D eigenvalue weighted by Crippen LogP contribution is -2.16. The van der Waals surface area contributed by atoms with Crippen molar-refractivity contribution in [2.45, 2.75) is 31.8 Å². The Balaban J connectivity index is 1.65. The molecule has 86 valence electrons. The average Bonchev–Trinajstić information content (AvgIpc) is 2.76. The van der Waals surface area contributed by atoms with Gasteiger partial charge in [0.1, 0.15) is 0 Å². The van der Waals surface area contributed by atoms with E-state index in [0.29, 0.717) is 5.92 Å². The van der Waals surface area contributed by atoms with Crippen LogP contribution in [0.25, 0.3) is 0 Å². The van der Waals surface area contributed by atoms with E-state index in [1.54, 1.807) is 0 Å². The van der Waals surface area contributed by atoms with E-state index in [2.05, 4.69) is 0 Å². The van der Waals surface area contributed by atoms with E-state index in [1.165, 1.54) is 19.3 Å². The van der Waals surface area contributed by atoms with E-state index in [0.717, 1.165) is 28.8 Å². The van der Waals surface area contributed by atoms with Crippen molar-refractivity contribution in [2.24, 2.45) is 17.8 Å². The molecular formula is C14H17ClO. The van der Waals surface area contributed by atoms with E-state index < -0.39 is 0 Å². The molecule has 2 saturated carbocycles. The van der Waals surface area contributed by atoms with Crippen LogP contribution in [-0.4, -0.2) is 11.2 Å². The summed E-state index contributed by atoms with van der Waals surface area (Å²) in [5.74, 6) is 2.19. The molecule has 0 bridgehead atoms. The van der Waals surface area contributed by atoms with E-state index in [-0.39, 0.29) is 6.10 Å². The van der Waals surface area contributed by atoms with Crippen LogP contribution >= 0.6 is 11.6 Å². The van der Waals surface area contributed by atoms with E-state index in [9.17, 15) is 5.11 Å². The highest BCUT2D eigenvalue weighted by Gasteiger charge is 2.55. The molecule has 0 radical (unpaired) electrons. The predicted octanol–water partition coefficient (Wildman–Crippen LogP) is 3.29. The van der Waals surface area contributed by atoms with E-state index in [1.807, 2.05) is 24.3 Å². The van der Waals surface area contributed by atoms with Crippen LogP contribution in [0, 0.1) is 17.8 Å². The molecule has 16 heavy (non-hydrogen) atoms. The molecular weight excluding hydrogens is 220 g/mol. The molecule has 1 nitrogen and oxygen atoms in total. The van der Waals surface area contributed by atoms with Crippen molar-refractivity contribution < 1.29 is 5.11 Å². The van der Waals surface area contributed by atoms with Gasteiger partial charge < -0.3 is 5.11 Å². The van der Waals surface area contributed by atoms with Crippen molar-refractivity contribution in [3.05, 3.63) is 34.9 Å². The second-order valence-electron chi connectivity index (χ2n) is 5.20. The molecule has 1 aromatic carbocycles. The Bertz CT molecular complexity index is 380. The summed E-state index contributed by atoms with van der Waals surface area (Å²) in [4.78, 5) is 0. The first-order valence-corrected chi connectivity index (χ1v) is 6.56. The molecule has 0 spiro atoms. The number of rotatable bonds is 3. The summed E-state index contributed by atoms with van der Waals surface area (Å²) in [7, 11) is 0. The number of hydrogen-bond acceptors (Lipinski definition) is 1. The van der Waals surface area contributed by atoms with Crippen LogP contribution in [-0.2, 0) is 6.42 Å². The summed E-state index contributed by atoms with van der Waals surface area (Å²) in [6.45, 7) is 0. The Morgan fingerprint density at radius 1 is 1.25 bits per heavy atom. The van der Waals surface area contributed by atoms with Gasteiger partial charge >= 0.3 is 0 Å². The van der Waals surface area contributed by atoms with Gasteiger partial charge in [0, 0.05) is 11.4 Å². The van der Waals surface area contributed by atoms with Crippen LogP contribution in [0.1, 0.15) is 24.8 Å². The van der Waals surface area contributed by atoms with Crippen molar-refractivity contribution in [2.75, 3.05) is 0 Å². The molecule has 3 unspecified atom stereocenters. The lowest BCUT2D eigenvalue weighted by Gasteiger charge is -2.13. The van der Waals surface area contributed by atoms with Crippen LogP contribution in [0.2, 0.25) is 5.02 Å². The standard InChI is InChI=1S/C14H17ClO/c15-12-7-2-1-4-9(12)8-13(16)14-10-5-3-6-11(10)14/h1-2,4,7,10-11,13-14,16H,3,5-6,8H2. The number of benzene rings is 1. The second kappa shape index (κ2) is 4.05. The monoisotopic (exact) mass is 236 g/mol. The summed E-state index contributed by atoms with van der Waals surface area (Å²) < 4.78 is 0. The lowest BCUT2D eigenvalue weighted by molar-refractivity contribution is 0.135. The molecule has 2 heteroatoms. The maximum atomic E-state index is 10.2. The van der Waals surface area contributed by atoms with Gasteiger partial charge in [0.2, 0.25) is 0 Å². The summed E-state index contributed by atoms with van der Waals surface area (Å²) in [5, 5.41) is 11.0.